The standard InChI is InChI=1S/C11H21N.C9H16O.C4H8.C2H6.CH4/c1-10-7-8-12(9-10)11-5-3-2-4-6-11;1-3-5-6-9(4-2)7-8-10;1-3-4-2;1-2;/h10-11H,2-9H2,1H3;4-6,10H,3,7-8H2,1-2H3;3-4H,1-2H3;1-2H3;1H4/b;6-5-,9-4+;4-3-;;. The second-order valence-corrected chi connectivity index (χ2v) is 7.50. The normalized spacial score (nSPS) is 20.1. The van der Waals surface area contributed by atoms with Crippen molar-refractivity contribution in [2.24, 2.45) is 5.92 Å². The van der Waals surface area contributed by atoms with Gasteiger partial charge in [0.2, 0.25) is 0 Å². The molecule has 0 amide bonds. The SMILES string of the molecule is C.C/C=C(\C=C/CC)CCO.C/C=C\C.CC.CC1CCN(C2CCCCC2)C1. The molecule has 1 N–H and O–H groups in total. The van der Waals surface area contributed by atoms with Crippen LogP contribution in [0, 0.1) is 5.92 Å². The van der Waals surface area contributed by atoms with Crippen LogP contribution in [-0.4, -0.2) is 35.7 Å². The molecule has 0 aromatic rings. The van der Waals surface area contributed by atoms with Crippen LogP contribution in [0.15, 0.2) is 36.0 Å². The molecule has 29 heavy (non-hydrogen) atoms. The van der Waals surface area contributed by atoms with E-state index in [1.54, 1.807) is 0 Å². The molecule has 0 aromatic carbocycles. The number of allylic oxidation sites excluding steroid dienone is 5. The van der Waals surface area contributed by atoms with Crippen LogP contribution in [-0.2, 0) is 0 Å². The highest BCUT2D eigenvalue weighted by Crippen LogP contribution is 2.27. The number of aliphatic hydroxyl groups excluding tert-OH is 1. The first kappa shape index (κ1) is 32.8. The topological polar surface area (TPSA) is 23.5 Å². The van der Waals surface area contributed by atoms with Gasteiger partial charge in [-0.15, -0.1) is 0 Å². The summed E-state index contributed by atoms with van der Waals surface area (Å²) in [5.41, 5.74) is 1.21. The monoisotopic (exact) mass is 409 g/mol. The maximum absolute atomic E-state index is 8.59. The molecule has 1 aliphatic carbocycles. The highest BCUT2D eigenvalue weighted by atomic mass is 16.2. The minimum Gasteiger partial charge on any atom is -0.396 e. The van der Waals surface area contributed by atoms with Crippen LogP contribution in [0.2, 0.25) is 0 Å². The van der Waals surface area contributed by atoms with Gasteiger partial charge in [0.1, 0.15) is 0 Å². The molecule has 2 nitrogen and oxygen atoms in total. The highest BCUT2D eigenvalue weighted by molar-refractivity contribution is 5.17. The Hall–Kier alpha value is -0.860. The Balaban J connectivity index is -0.000000363. The molecule has 174 valence electrons. The fourth-order valence-electron chi connectivity index (χ4n) is 3.47. The second kappa shape index (κ2) is 25.2. The molecule has 1 atom stereocenters. The minimum absolute atomic E-state index is 0. The zero-order valence-electron chi connectivity index (χ0n) is 20.2. The fourth-order valence-corrected chi connectivity index (χ4v) is 3.47. The van der Waals surface area contributed by atoms with Gasteiger partial charge < -0.3 is 10.0 Å². The summed E-state index contributed by atoms with van der Waals surface area (Å²) in [7, 11) is 0. The maximum Gasteiger partial charge on any atom is 0.0471 e. The molecule has 2 fully saturated rings. The van der Waals surface area contributed by atoms with Gasteiger partial charge in [-0.2, -0.15) is 0 Å². The molecular formula is C27H55NO. The van der Waals surface area contributed by atoms with Crippen molar-refractivity contribution in [2.75, 3.05) is 19.7 Å². The summed E-state index contributed by atoms with van der Waals surface area (Å²) in [6.07, 6.45) is 20.9. The lowest BCUT2D eigenvalue weighted by Gasteiger charge is -2.30. The summed E-state index contributed by atoms with van der Waals surface area (Å²) in [5.74, 6) is 0.965. The molecule has 0 spiro atoms. The first-order valence-electron chi connectivity index (χ1n) is 11.9. The third-order valence-corrected chi connectivity index (χ3v) is 5.22. The number of hydrogen-bond donors (Lipinski definition) is 1. The summed E-state index contributed by atoms with van der Waals surface area (Å²) >= 11 is 0. The number of aliphatic hydroxyl groups is 1. The van der Waals surface area contributed by atoms with Gasteiger partial charge in [-0.05, 0) is 65.3 Å². The largest absolute Gasteiger partial charge is 0.396 e. The first-order valence-corrected chi connectivity index (χ1v) is 11.9. The van der Waals surface area contributed by atoms with Crippen molar-refractivity contribution < 1.29 is 5.11 Å². The first-order chi connectivity index (χ1) is 13.6. The van der Waals surface area contributed by atoms with Crippen LogP contribution in [0.4, 0.5) is 0 Å². The van der Waals surface area contributed by atoms with Crippen LogP contribution in [0.3, 0.4) is 0 Å². The lowest BCUT2D eigenvalue weighted by Crippen LogP contribution is -2.34. The lowest BCUT2D eigenvalue weighted by molar-refractivity contribution is 0.186. The van der Waals surface area contributed by atoms with Crippen LogP contribution in [0.5, 0.6) is 0 Å². The molecule has 0 radical (unpaired) electrons. The van der Waals surface area contributed by atoms with Gasteiger partial charge in [0.25, 0.3) is 0 Å². The predicted octanol–water partition coefficient (Wildman–Crippen LogP) is 8.19. The number of nitrogens with zero attached hydrogens (tertiary/aromatic N) is 1. The van der Waals surface area contributed by atoms with E-state index in [2.05, 4.69) is 30.9 Å². The third-order valence-electron chi connectivity index (χ3n) is 5.22. The van der Waals surface area contributed by atoms with E-state index in [1.165, 1.54) is 57.2 Å². The van der Waals surface area contributed by atoms with Gasteiger partial charge in [-0.25, -0.2) is 0 Å². The molecule has 1 saturated carbocycles. The van der Waals surface area contributed by atoms with Crippen LogP contribution in [0.25, 0.3) is 0 Å². The van der Waals surface area contributed by atoms with E-state index in [9.17, 15) is 0 Å². The van der Waals surface area contributed by atoms with E-state index in [-0.39, 0.29) is 14.0 Å². The zero-order chi connectivity index (χ0) is 21.6. The summed E-state index contributed by atoms with van der Waals surface area (Å²) in [6, 6.07) is 0.962. The molecule has 2 aliphatic rings. The Bertz CT molecular complexity index is 385. The molecule has 0 aromatic heterocycles. The molecule has 1 aliphatic heterocycles. The van der Waals surface area contributed by atoms with Crippen LogP contribution in [0.1, 0.15) is 107 Å². The Morgan fingerprint density at radius 2 is 1.59 bits per heavy atom. The van der Waals surface area contributed by atoms with Crippen molar-refractivity contribution in [3.05, 3.63) is 36.0 Å². The Kier molecular flexibility index (Phi) is 28.5. The molecule has 1 unspecified atom stereocenters. The summed E-state index contributed by atoms with van der Waals surface area (Å²) in [6.45, 7) is 17.5. The van der Waals surface area contributed by atoms with E-state index in [4.69, 9.17) is 5.11 Å². The Morgan fingerprint density at radius 3 is 1.97 bits per heavy atom. The van der Waals surface area contributed by atoms with Crippen molar-refractivity contribution in [1.29, 1.82) is 0 Å². The lowest BCUT2D eigenvalue weighted by atomic mass is 9.94. The fraction of sp³-hybridized carbons (Fsp3) is 0.778. The Morgan fingerprint density at radius 1 is 1.00 bits per heavy atom. The second-order valence-electron chi connectivity index (χ2n) is 7.50. The summed E-state index contributed by atoms with van der Waals surface area (Å²) in [5, 5.41) is 8.59. The van der Waals surface area contributed by atoms with Crippen LogP contribution < -0.4 is 0 Å². The van der Waals surface area contributed by atoms with Gasteiger partial charge in [0, 0.05) is 19.2 Å². The van der Waals surface area contributed by atoms with Gasteiger partial charge >= 0.3 is 0 Å². The van der Waals surface area contributed by atoms with Crippen molar-refractivity contribution in [3.63, 3.8) is 0 Å². The number of likely N-dealkylation sites (tertiary alicyclic amines) is 1. The maximum atomic E-state index is 8.59. The van der Waals surface area contributed by atoms with Crippen molar-refractivity contribution in [1.82, 2.24) is 4.90 Å². The van der Waals surface area contributed by atoms with E-state index in [0.29, 0.717) is 0 Å². The van der Waals surface area contributed by atoms with E-state index < -0.39 is 0 Å². The van der Waals surface area contributed by atoms with E-state index >= 15 is 0 Å². The average molecular weight is 410 g/mol. The van der Waals surface area contributed by atoms with E-state index in [0.717, 1.165) is 24.8 Å². The Labute approximate surface area is 185 Å². The van der Waals surface area contributed by atoms with Gasteiger partial charge in [-0.3, -0.25) is 0 Å². The minimum atomic E-state index is 0. The zero-order valence-corrected chi connectivity index (χ0v) is 20.2. The smallest absolute Gasteiger partial charge is 0.0471 e. The van der Waals surface area contributed by atoms with Crippen LogP contribution >= 0.6 is 0 Å². The van der Waals surface area contributed by atoms with Crippen molar-refractivity contribution in [2.45, 2.75) is 113 Å². The van der Waals surface area contributed by atoms with Gasteiger partial charge in [-0.1, -0.05) is 90.3 Å². The summed E-state index contributed by atoms with van der Waals surface area (Å²) in [4.78, 5) is 2.74. The van der Waals surface area contributed by atoms with Crippen molar-refractivity contribution in [3.8, 4) is 0 Å². The number of hydrogen-bond acceptors (Lipinski definition) is 2. The molecule has 2 rings (SSSR count). The molecule has 1 heterocycles. The highest BCUT2D eigenvalue weighted by Gasteiger charge is 2.26. The molecular weight excluding hydrogens is 354 g/mol. The molecule has 1 saturated heterocycles. The molecule has 0 bridgehead atoms. The predicted molar refractivity (Wildman–Crippen MR) is 136 cm³/mol. The van der Waals surface area contributed by atoms with Gasteiger partial charge in [0.05, 0.1) is 0 Å². The molecule has 2 heteroatoms. The summed E-state index contributed by atoms with van der Waals surface area (Å²) < 4.78 is 0. The van der Waals surface area contributed by atoms with Crippen molar-refractivity contribution >= 4 is 0 Å². The van der Waals surface area contributed by atoms with E-state index in [1.807, 2.05) is 52.8 Å². The van der Waals surface area contributed by atoms with Gasteiger partial charge in [0.15, 0.2) is 0 Å². The average Bonchev–Trinajstić information content (AvgIpc) is 3.20. The number of rotatable bonds is 5. The quantitative estimate of drug-likeness (QED) is 0.365. The third kappa shape index (κ3) is 18.9.